The standard InChI is InChI=1S/C25H36O7/c1-2-27-13-14-28-15-16-29-17-18-30-19-20-31-21-22-32-25(26,23-9-5-3-6-10-23)24-11-7-4-8-12-24/h3-12,26H,2,13-22H2,1H3. The fourth-order valence-electron chi connectivity index (χ4n) is 2.93. The molecule has 7 nitrogen and oxygen atoms in total. The molecule has 32 heavy (non-hydrogen) atoms. The second-order valence-corrected chi connectivity index (χ2v) is 6.87. The van der Waals surface area contributed by atoms with Gasteiger partial charge in [-0.25, -0.2) is 0 Å². The molecule has 2 rings (SSSR count). The van der Waals surface area contributed by atoms with E-state index >= 15 is 0 Å². The minimum Gasteiger partial charge on any atom is -0.379 e. The predicted molar refractivity (Wildman–Crippen MR) is 122 cm³/mol. The lowest BCUT2D eigenvalue weighted by molar-refractivity contribution is -0.188. The highest BCUT2D eigenvalue weighted by Crippen LogP contribution is 2.30. The summed E-state index contributed by atoms with van der Waals surface area (Å²) in [5, 5.41) is 11.2. The molecular formula is C25H36O7. The van der Waals surface area contributed by atoms with E-state index in [-0.39, 0.29) is 6.61 Å². The van der Waals surface area contributed by atoms with Gasteiger partial charge in [-0.2, -0.15) is 0 Å². The molecule has 178 valence electrons. The Morgan fingerprint density at radius 2 is 0.875 bits per heavy atom. The molecule has 0 aliphatic heterocycles. The van der Waals surface area contributed by atoms with E-state index in [4.69, 9.17) is 28.4 Å². The van der Waals surface area contributed by atoms with Gasteiger partial charge in [0.15, 0.2) is 0 Å². The lowest BCUT2D eigenvalue weighted by atomic mass is 9.97. The first kappa shape index (κ1) is 26.4. The summed E-state index contributed by atoms with van der Waals surface area (Å²) in [6.45, 7) is 7.47. The van der Waals surface area contributed by atoms with Gasteiger partial charge in [-0.05, 0) is 6.92 Å². The first-order valence-electron chi connectivity index (χ1n) is 11.1. The van der Waals surface area contributed by atoms with Gasteiger partial charge in [0.1, 0.15) is 0 Å². The van der Waals surface area contributed by atoms with E-state index in [0.29, 0.717) is 77.2 Å². The Morgan fingerprint density at radius 3 is 1.25 bits per heavy atom. The van der Waals surface area contributed by atoms with Crippen molar-refractivity contribution in [3.8, 4) is 0 Å². The molecule has 0 aromatic heterocycles. The molecule has 1 N–H and O–H groups in total. The summed E-state index contributed by atoms with van der Waals surface area (Å²) in [5.74, 6) is -1.52. The molecule has 2 aromatic rings. The highest BCUT2D eigenvalue weighted by molar-refractivity contribution is 5.33. The van der Waals surface area contributed by atoms with Crippen molar-refractivity contribution >= 4 is 0 Å². The fraction of sp³-hybridized carbons (Fsp3) is 0.520. The van der Waals surface area contributed by atoms with E-state index in [9.17, 15) is 5.11 Å². The third-order valence-corrected chi connectivity index (χ3v) is 4.56. The number of hydrogen-bond donors (Lipinski definition) is 1. The average molecular weight is 449 g/mol. The topological polar surface area (TPSA) is 75.6 Å². The van der Waals surface area contributed by atoms with E-state index in [1.165, 1.54) is 0 Å². The molecule has 0 radical (unpaired) electrons. The Hall–Kier alpha value is -1.84. The van der Waals surface area contributed by atoms with Crippen molar-refractivity contribution in [3.05, 3.63) is 71.8 Å². The SMILES string of the molecule is CCOCCOCCOCCOCCOCCOC(O)(c1ccccc1)c1ccccc1. The zero-order valence-corrected chi connectivity index (χ0v) is 18.9. The maximum absolute atomic E-state index is 11.2. The number of ether oxygens (including phenoxy) is 6. The minimum absolute atomic E-state index is 0.243. The highest BCUT2D eigenvalue weighted by atomic mass is 16.6. The van der Waals surface area contributed by atoms with Crippen LogP contribution in [0.25, 0.3) is 0 Å². The number of rotatable bonds is 19. The van der Waals surface area contributed by atoms with Crippen LogP contribution in [0.15, 0.2) is 60.7 Å². The molecule has 0 aliphatic carbocycles. The van der Waals surface area contributed by atoms with Crippen LogP contribution >= 0.6 is 0 Å². The van der Waals surface area contributed by atoms with Crippen LogP contribution in [-0.4, -0.2) is 77.8 Å². The quantitative estimate of drug-likeness (QED) is 0.262. The number of hydrogen-bond acceptors (Lipinski definition) is 7. The zero-order chi connectivity index (χ0) is 22.7. The molecule has 0 amide bonds. The van der Waals surface area contributed by atoms with Crippen LogP contribution in [0.5, 0.6) is 0 Å². The lowest BCUT2D eigenvalue weighted by Crippen LogP contribution is -2.32. The first-order chi connectivity index (χ1) is 15.8. The molecule has 0 atom stereocenters. The Labute approximate surface area is 191 Å². The maximum atomic E-state index is 11.2. The molecule has 7 heteroatoms. The monoisotopic (exact) mass is 448 g/mol. The third-order valence-electron chi connectivity index (χ3n) is 4.56. The van der Waals surface area contributed by atoms with Crippen LogP contribution in [0, 0.1) is 0 Å². The van der Waals surface area contributed by atoms with Gasteiger partial charge < -0.3 is 33.5 Å². The summed E-state index contributed by atoms with van der Waals surface area (Å²) < 4.78 is 32.9. The Morgan fingerprint density at radius 1 is 0.531 bits per heavy atom. The summed E-state index contributed by atoms with van der Waals surface area (Å²) in [5.41, 5.74) is 1.35. The van der Waals surface area contributed by atoms with Crippen molar-refractivity contribution < 1.29 is 33.5 Å². The molecule has 0 fully saturated rings. The van der Waals surface area contributed by atoms with Gasteiger partial charge >= 0.3 is 0 Å². The Kier molecular flexibility index (Phi) is 13.8. The van der Waals surface area contributed by atoms with Crippen LogP contribution in [-0.2, 0) is 34.2 Å². The molecule has 0 spiro atoms. The van der Waals surface area contributed by atoms with Gasteiger partial charge in [0.25, 0.3) is 0 Å². The fourth-order valence-corrected chi connectivity index (χ4v) is 2.93. The molecule has 2 aromatic carbocycles. The van der Waals surface area contributed by atoms with E-state index in [1.807, 2.05) is 67.6 Å². The van der Waals surface area contributed by atoms with Crippen LogP contribution in [0.2, 0.25) is 0 Å². The molecular weight excluding hydrogens is 412 g/mol. The summed E-state index contributed by atoms with van der Waals surface area (Å²) in [7, 11) is 0. The van der Waals surface area contributed by atoms with Crippen molar-refractivity contribution in [2.24, 2.45) is 0 Å². The number of aliphatic hydroxyl groups is 1. The summed E-state index contributed by atoms with van der Waals surface area (Å²) >= 11 is 0. The van der Waals surface area contributed by atoms with Gasteiger partial charge in [0, 0.05) is 17.7 Å². The molecule has 0 bridgehead atoms. The Bertz CT molecular complexity index is 642. The van der Waals surface area contributed by atoms with Crippen LogP contribution in [0.1, 0.15) is 18.1 Å². The molecule has 0 unspecified atom stereocenters. The van der Waals surface area contributed by atoms with Crippen LogP contribution < -0.4 is 0 Å². The van der Waals surface area contributed by atoms with Crippen LogP contribution in [0.4, 0.5) is 0 Å². The second kappa shape index (κ2) is 16.7. The highest BCUT2D eigenvalue weighted by Gasteiger charge is 2.32. The lowest BCUT2D eigenvalue weighted by Gasteiger charge is -2.29. The van der Waals surface area contributed by atoms with Crippen LogP contribution in [0.3, 0.4) is 0 Å². The van der Waals surface area contributed by atoms with Gasteiger partial charge in [0.2, 0.25) is 5.79 Å². The predicted octanol–water partition coefficient (Wildman–Crippen LogP) is 3.00. The van der Waals surface area contributed by atoms with Gasteiger partial charge in [-0.1, -0.05) is 60.7 Å². The maximum Gasteiger partial charge on any atom is 0.219 e. The van der Waals surface area contributed by atoms with E-state index in [0.717, 1.165) is 0 Å². The first-order valence-corrected chi connectivity index (χ1v) is 11.1. The van der Waals surface area contributed by atoms with Crippen molar-refractivity contribution in [2.45, 2.75) is 12.7 Å². The Balaban J connectivity index is 1.52. The van der Waals surface area contributed by atoms with E-state index in [2.05, 4.69) is 0 Å². The second-order valence-electron chi connectivity index (χ2n) is 6.87. The van der Waals surface area contributed by atoms with Crippen molar-refractivity contribution in [2.75, 3.05) is 72.7 Å². The summed E-state index contributed by atoms with van der Waals surface area (Å²) in [4.78, 5) is 0. The van der Waals surface area contributed by atoms with Crippen molar-refractivity contribution in [3.63, 3.8) is 0 Å². The minimum atomic E-state index is -1.52. The molecule has 0 aliphatic rings. The zero-order valence-electron chi connectivity index (χ0n) is 18.9. The summed E-state index contributed by atoms with van der Waals surface area (Å²) in [6, 6.07) is 18.7. The largest absolute Gasteiger partial charge is 0.379 e. The molecule has 0 saturated carbocycles. The van der Waals surface area contributed by atoms with Gasteiger partial charge in [0.05, 0.1) is 66.1 Å². The third kappa shape index (κ3) is 10.2. The molecule has 0 heterocycles. The smallest absolute Gasteiger partial charge is 0.219 e. The summed E-state index contributed by atoms with van der Waals surface area (Å²) in [6.07, 6.45) is 0. The van der Waals surface area contributed by atoms with Crippen molar-refractivity contribution in [1.29, 1.82) is 0 Å². The molecule has 0 saturated heterocycles. The number of benzene rings is 2. The van der Waals surface area contributed by atoms with Gasteiger partial charge in [-0.15, -0.1) is 0 Å². The average Bonchev–Trinajstić information content (AvgIpc) is 2.84. The van der Waals surface area contributed by atoms with E-state index in [1.54, 1.807) is 0 Å². The normalized spacial score (nSPS) is 11.7. The van der Waals surface area contributed by atoms with Gasteiger partial charge in [-0.3, -0.25) is 0 Å². The van der Waals surface area contributed by atoms with E-state index < -0.39 is 5.79 Å². The van der Waals surface area contributed by atoms with Crippen molar-refractivity contribution in [1.82, 2.24) is 0 Å².